The Morgan fingerprint density at radius 1 is 1.25 bits per heavy atom. The molecule has 0 spiro atoms. The first-order chi connectivity index (χ1) is 11.5. The molecule has 0 bridgehead atoms. The average molecular weight is 344 g/mol. The molecule has 4 nitrogen and oxygen atoms in total. The third-order valence-electron chi connectivity index (χ3n) is 4.58. The Bertz CT molecular complexity index is 739. The molecule has 3 rings (SSSR count). The third-order valence-corrected chi connectivity index (χ3v) is 4.82. The minimum Gasteiger partial charge on any atom is -0.370 e. The van der Waals surface area contributed by atoms with E-state index in [1.165, 1.54) is 12.8 Å². The summed E-state index contributed by atoms with van der Waals surface area (Å²) in [6.07, 6.45) is 5.79. The van der Waals surface area contributed by atoms with Gasteiger partial charge in [0.25, 0.3) is 5.91 Å². The Hall–Kier alpha value is -2.07. The number of benzene rings is 1. The fourth-order valence-corrected chi connectivity index (χ4v) is 3.09. The number of carbonyl (C=O) groups is 1. The molecule has 1 aromatic heterocycles. The number of nitrogens with one attached hydrogen (secondary N) is 1. The fourth-order valence-electron chi connectivity index (χ4n) is 2.92. The van der Waals surface area contributed by atoms with Crippen LogP contribution in [-0.2, 0) is 0 Å². The van der Waals surface area contributed by atoms with E-state index < -0.39 is 0 Å². The first-order valence-corrected chi connectivity index (χ1v) is 8.68. The van der Waals surface area contributed by atoms with Crippen molar-refractivity contribution >= 4 is 28.9 Å². The van der Waals surface area contributed by atoms with Gasteiger partial charge in [-0.1, -0.05) is 24.6 Å². The van der Waals surface area contributed by atoms with Crippen molar-refractivity contribution in [1.29, 1.82) is 0 Å². The first-order valence-electron chi connectivity index (χ1n) is 8.30. The lowest BCUT2D eigenvalue weighted by Crippen LogP contribution is -2.33. The molecule has 0 atom stereocenters. The second-order valence-electron chi connectivity index (χ2n) is 6.51. The average Bonchev–Trinajstić information content (AvgIpc) is 2.59. The SMILES string of the molecule is Cc1ccc(Cl)cc1NC(=O)c1cncc(N2CCC(C)CC2)c1. The molecule has 2 heterocycles. The summed E-state index contributed by atoms with van der Waals surface area (Å²) >= 11 is 6.01. The molecule has 0 unspecified atom stereocenters. The van der Waals surface area contributed by atoms with Crippen LogP contribution in [0.3, 0.4) is 0 Å². The number of aromatic nitrogens is 1. The van der Waals surface area contributed by atoms with Crippen LogP contribution in [0, 0.1) is 12.8 Å². The predicted molar refractivity (Wildman–Crippen MR) is 99.0 cm³/mol. The van der Waals surface area contributed by atoms with Gasteiger partial charge >= 0.3 is 0 Å². The lowest BCUT2D eigenvalue weighted by atomic mass is 9.99. The highest BCUT2D eigenvalue weighted by atomic mass is 35.5. The van der Waals surface area contributed by atoms with Crippen molar-refractivity contribution in [1.82, 2.24) is 4.98 Å². The molecule has 1 aromatic carbocycles. The number of nitrogens with zero attached hydrogens (tertiary/aromatic N) is 2. The predicted octanol–water partition coefficient (Wildman–Crippen LogP) is 4.53. The van der Waals surface area contributed by atoms with Gasteiger partial charge in [-0.2, -0.15) is 0 Å². The Morgan fingerprint density at radius 3 is 2.75 bits per heavy atom. The molecule has 1 saturated heterocycles. The monoisotopic (exact) mass is 343 g/mol. The largest absolute Gasteiger partial charge is 0.370 e. The highest BCUT2D eigenvalue weighted by Gasteiger charge is 2.17. The number of aryl methyl sites for hydroxylation is 1. The zero-order valence-electron chi connectivity index (χ0n) is 14.1. The molecule has 0 saturated carbocycles. The number of piperidine rings is 1. The standard InChI is InChI=1S/C19H22ClN3O/c1-13-5-7-23(8-6-13)17-9-15(11-21-12-17)19(24)22-18-10-16(20)4-3-14(18)2/h3-4,9-13H,5-8H2,1-2H3,(H,22,24). The molecule has 24 heavy (non-hydrogen) atoms. The highest BCUT2D eigenvalue weighted by Crippen LogP contribution is 2.24. The normalized spacial score (nSPS) is 15.4. The molecule has 1 fully saturated rings. The molecule has 126 valence electrons. The molecule has 1 aliphatic rings. The molecule has 1 aliphatic heterocycles. The van der Waals surface area contributed by atoms with E-state index in [-0.39, 0.29) is 5.91 Å². The van der Waals surface area contributed by atoms with Crippen molar-refractivity contribution in [2.75, 3.05) is 23.3 Å². The Balaban J connectivity index is 1.76. The lowest BCUT2D eigenvalue weighted by Gasteiger charge is -2.32. The van der Waals surface area contributed by atoms with Crippen LogP contribution in [0.2, 0.25) is 5.02 Å². The fraction of sp³-hybridized carbons (Fsp3) is 0.368. The van der Waals surface area contributed by atoms with Crippen molar-refractivity contribution < 1.29 is 4.79 Å². The van der Waals surface area contributed by atoms with Crippen molar-refractivity contribution in [2.24, 2.45) is 5.92 Å². The van der Waals surface area contributed by atoms with Crippen LogP contribution in [0.25, 0.3) is 0 Å². The van der Waals surface area contributed by atoms with E-state index >= 15 is 0 Å². The van der Waals surface area contributed by atoms with E-state index in [0.29, 0.717) is 10.6 Å². The Morgan fingerprint density at radius 2 is 2.00 bits per heavy atom. The molecule has 1 amide bonds. The van der Waals surface area contributed by atoms with Crippen LogP contribution in [0.1, 0.15) is 35.7 Å². The molecule has 2 aromatic rings. The highest BCUT2D eigenvalue weighted by molar-refractivity contribution is 6.31. The van der Waals surface area contributed by atoms with Crippen LogP contribution < -0.4 is 10.2 Å². The van der Waals surface area contributed by atoms with Gasteiger partial charge in [-0.15, -0.1) is 0 Å². The zero-order valence-corrected chi connectivity index (χ0v) is 14.8. The van der Waals surface area contributed by atoms with Crippen LogP contribution in [0.4, 0.5) is 11.4 Å². The molecule has 0 radical (unpaired) electrons. The van der Waals surface area contributed by atoms with Gasteiger partial charge in [0.2, 0.25) is 0 Å². The first kappa shape index (κ1) is 16.8. The Labute approximate surface area is 147 Å². The zero-order chi connectivity index (χ0) is 17.1. The molecular formula is C19H22ClN3O. The molecule has 5 heteroatoms. The maximum atomic E-state index is 12.6. The quantitative estimate of drug-likeness (QED) is 0.890. The van der Waals surface area contributed by atoms with Gasteiger partial charge in [0.05, 0.1) is 17.4 Å². The van der Waals surface area contributed by atoms with Gasteiger partial charge in [-0.3, -0.25) is 9.78 Å². The van der Waals surface area contributed by atoms with Crippen LogP contribution in [-0.4, -0.2) is 24.0 Å². The summed E-state index contributed by atoms with van der Waals surface area (Å²) < 4.78 is 0. The summed E-state index contributed by atoms with van der Waals surface area (Å²) in [5.41, 5.74) is 3.27. The number of rotatable bonds is 3. The van der Waals surface area contributed by atoms with E-state index in [4.69, 9.17) is 11.6 Å². The van der Waals surface area contributed by atoms with E-state index in [9.17, 15) is 4.79 Å². The van der Waals surface area contributed by atoms with Crippen molar-refractivity contribution in [3.05, 3.63) is 52.8 Å². The maximum absolute atomic E-state index is 12.6. The minimum atomic E-state index is -0.167. The number of hydrogen-bond donors (Lipinski definition) is 1. The number of carbonyl (C=O) groups excluding carboxylic acids is 1. The topological polar surface area (TPSA) is 45.2 Å². The van der Waals surface area contributed by atoms with Crippen molar-refractivity contribution in [3.63, 3.8) is 0 Å². The second kappa shape index (κ2) is 7.22. The summed E-state index contributed by atoms with van der Waals surface area (Å²) in [6.45, 7) is 6.25. The Kier molecular flexibility index (Phi) is 5.05. The number of amides is 1. The van der Waals surface area contributed by atoms with E-state index in [2.05, 4.69) is 22.1 Å². The van der Waals surface area contributed by atoms with E-state index in [1.54, 1.807) is 12.3 Å². The number of halogens is 1. The second-order valence-corrected chi connectivity index (χ2v) is 6.95. The number of hydrogen-bond acceptors (Lipinski definition) is 3. The van der Waals surface area contributed by atoms with E-state index in [0.717, 1.165) is 35.9 Å². The summed E-state index contributed by atoms with van der Waals surface area (Å²) in [5, 5.41) is 3.52. The van der Waals surface area contributed by atoms with Gasteiger partial charge in [0.15, 0.2) is 0 Å². The summed E-state index contributed by atoms with van der Waals surface area (Å²) in [6, 6.07) is 7.38. The van der Waals surface area contributed by atoms with Gasteiger partial charge in [0.1, 0.15) is 0 Å². The van der Waals surface area contributed by atoms with Gasteiger partial charge in [0, 0.05) is 30.0 Å². The van der Waals surface area contributed by atoms with Crippen LogP contribution in [0.5, 0.6) is 0 Å². The van der Waals surface area contributed by atoms with Crippen LogP contribution >= 0.6 is 11.6 Å². The number of anilines is 2. The summed E-state index contributed by atoms with van der Waals surface area (Å²) in [4.78, 5) is 19.1. The molecular weight excluding hydrogens is 322 g/mol. The smallest absolute Gasteiger partial charge is 0.257 e. The molecule has 0 aliphatic carbocycles. The van der Waals surface area contributed by atoms with E-state index in [1.807, 2.05) is 31.3 Å². The van der Waals surface area contributed by atoms with Crippen LogP contribution in [0.15, 0.2) is 36.7 Å². The van der Waals surface area contributed by atoms with Gasteiger partial charge < -0.3 is 10.2 Å². The summed E-state index contributed by atoms with van der Waals surface area (Å²) in [5.74, 6) is 0.603. The van der Waals surface area contributed by atoms with Gasteiger partial charge in [-0.05, 0) is 49.4 Å². The number of pyridine rings is 1. The van der Waals surface area contributed by atoms with Crippen molar-refractivity contribution in [3.8, 4) is 0 Å². The molecule has 1 N–H and O–H groups in total. The summed E-state index contributed by atoms with van der Waals surface area (Å²) in [7, 11) is 0. The van der Waals surface area contributed by atoms with Crippen molar-refractivity contribution in [2.45, 2.75) is 26.7 Å². The minimum absolute atomic E-state index is 0.167. The maximum Gasteiger partial charge on any atom is 0.257 e. The van der Waals surface area contributed by atoms with Gasteiger partial charge in [-0.25, -0.2) is 0 Å². The third kappa shape index (κ3) is 3.88. The lowest BCUT2D eigenvalue weighted by molar-refractivity contribution is 0.102.